The first-order chi connectivity index (χ1) is 16.7. The molecule has 0 saturated carbocycles. The number of anilines is 1. The van der Waals surface area contributed by atoms with E-state index in [1.807, 2.05) is 25.1 Å². The van der Waals surface area contributed by atoms with Gasteiger partial charge in [-0.3, -0.25) is 4.79 Å². The Hall–Kier alpha value is -3.48. The number of carbonyl (C=O) groups excluding carboxylic acids is 2. The van der Waals surface area contributed by atoms with Crippen LogP contribution in [0.4, 0.5) is 5.69 Å². The van der Waals surface area contributed by atoms with Crippen LogP contribution in [0.1, 0.15) is 30.9 Å². The van der Waals surface area contributed by atoms with Gasteiger partial charge in [-0.1, -0.05) is 27.5 Å². The number of nitriles is 1. The molecule has 182 valence electrons. The molecule has 10 heteroatoms. The van der Waals surface area contributed by atoms with Crippen LogP contribution in [-0.4, -0.2) is 25.1 Å². The smallest absolute Gasteiger partial charge is 0.338 e. The molecular weight excluding hydrogens is 538 g/mol. The highest BCUT2D eigenvalue weighted by Gasteiger charge is 2.38. The van der Waals surface area contributed by atoms with E-state index < -0.39 is 17.8 Å². The quantitative estimate of drug-likeness (QED) is 0.453. The van der Waals surface area contributed by atoms with E-state index in [9.17, 15) is 14.9 Å². The Bertz CT molecular complexity index is 1280. The number of benzene rings is 2. The SMILES string of the molecule is CCOC(=O)C1=C(C)OC(N)=C(C#N)C1c1cc(Cl)ccc1OCC(=O)Nc1ccc(Br)cc1C. The Morgan fingerprint density at radius 3 is 2.66 bits per heavy atom. The summed E-state index contributed by atoms with van der Waals surface area (Å²) in [6.07, 6.45) is 0. The predicted octanol–water partition coefficient (Wildman–Crippen LogP) is 5.07. The summed E-state index contributed by atoms with van der Waals surface area (Å²) in [7, 11) is 0. The first kappa shape index (κ1) is 26.1. The van der Waals surface area contributed by atoms with Crippen LogP contribution < -0.4 is 15.8 Å². The second kappa shape index (κ2) is 11.3. The van der Waals surface area contributed by atoms with Crippen molar-refractivity contribution in [3.05, 3.63) is 79.8 Å². The molecule has 0 radical (unpaired) electrons. The fourth-order valence-corrected chi connectivity index (χ4v) is 4.30. The van der Waals surface area contributed by atoms with Crippen molar-refractivity contribution in [1.29, 1.82) is 5.26 Å². The highest BCUT2D eigenvalue weighted by atomic mass is 79.9. The van der Waals surface area contributed by atoms with Crippen LogP contribution in [0.5, 0.6) is 5.75 Å². The van der Waals surface area contributed by atoms with Crippen molar-refractivity contribution in [3.8, 4) is 11.8 Å². The zero-order valence-electron chi connectivity index (χ0n) is 19.3. The minimum Gasteiger partial charge on any atom is -0.483 e. The molecule has 1 amide bonds. The van der Waals surface area contributed by atoms with Crippen LogP contribution in [0.25, 0.3) is 0 Å². The van der Waals surface area contributed by atoms with Gasteiger partial charge in [-0.05, 0) is 62.7 Å². The largest absolute Gasteiger partial charge is 0.483 e. The molecule has 2 aromatic carbocycles. The maximum Gasteiger partial charge on any atom is 0.338 e. The molecule has 0 aliphatic carbocycles. The third kappa shape index (κ3) is 5.96. The highest BCUT2D eigenvalue weighted by molar-refractivity contribution is 9.10. The van der Waals surface area contributed by atoms with Crippen molar-refractivity contribution in [2.75, 3.05) is 18.5 Å². The third-order valence-electron chi connectivity index (χ3n) is 5.21. The van der Waals surface area contributed by atoms with Gasteiger partial charge in [0.25, 0.3) is 5.91 Å². The van der Waals surface area contributed by atoms with Crippen LogP contribution in [0, 0.1) is 18.3 Å². The fraction of sp³-hybridized carbons (Fsp3) is 0.240. The number of amides is 1. The molecule has 1 unspecified atom stereocenters. The molecule has 1 aliphatic heterocycles. The van der Waals surface area contributed by atoms with Gasteiger partial charge in [0.05, 0.1) is 18.1 Å². The Balaban J connectivity index is 1.95. The van der Waals surface area contributed by atoms with Gasteiger partial charge in [0.2, 0.25) is 5.88 Å². The number of carbonyl (C=O) groups is 2. The monoisotopic (exact) mass is 559 g/mol. The summed E-state index contributed by atoms with van der Waals surface area (Å²) in [6.45, 7) is 4.89. The van der Waals surface area contributed by atoms with Crippen LogP contribution in [-0.2, 0) is 19.1 Å². The first-order valence-electron chi connectivity index (χ1n) is 10.6. The number of esters is 1. The molecule has 35 heavy (non-hydrogen) atoms. The lowest BCUT2D eigenvalue weighted by molar-refractivity contribution is -0.139. The lowest BCUT2D eigenvalue weighted by Crippen LogP contribution is -2.26. The van der Waals surface area contributed by atoms with E-state index >= 15 is 0 Å². The number of hydrogen-bond donors (Lipinski definition) is 2. The zero-order valence-corrected chi connectivity index (χ0v) is 21.6. The number of nitrogens with two attached hydrogens (primary N) is 1. The van der Waals surface area contributed by atoms with Crippen molar-refractivity contribution in [3.63, 3.8) is 0 Å². The van der Waals surface area contributed by atoms with E-state index in [2.05, 4.69) is 21.2 Å². The number of allylic oxidation sites excluding steroid dienone is 2. The number of hydrogen-bond acceptors (Lipinski definition) is 7. The van der Waals surface area contributed by atoms with Gasteiger partial charge in [-0.15, -0.1) is 0 Å². The number of rotatable bonds is 7. The van der Waals surface area contributed by atoms with Crippen molar-refractivity contribution in [1.82, 2.24) is 0 Å². The maximum atomic E-state index is 12.8. The Labute approximate surface area is 216 Å². The molecule has 0 fully saturated rings. The second-order valence-corrected chi connectivity index (χ2v) is 8.95. The summed E-state index contributed by atoms with van der Waals surface area (Å²) in [5.41, 5.74) is 7.96. The number of ether oxygens (including phenoxy) is 3. The molecule has 1 heterocycles. The zero-order chi connectivity index (χ0) is 25.7. The molecule has 0 bridgehead atoms. The van der Waals surface area contributed by atoms with E-state index in [1.165, 1.54) is 0 Å². The van der Waals surface area contributed by atoms with Gasteiger partial charge >= 0.3 is 5.97 Å². The van der Waals surface area contributed by atoms with Gasteiger partial charge < -0.3 is 25.3 Å². The molecule has 0 aromatic heterocycles. The lowest BCUT2D eigenvalue weighted by atomic mass is 9.82. The van der Waals surface area contributed by atoms with E-state index in [0.717, 1.165) is 10.0 Å². The Kier molecular flexibility index (Phi) is 8.43. The van der Waals surface area contributed by atoms with E-state index in [1.54, 1.807) is 38.1 Å². The summed E-state index contributed by atoms with van der Waals surface area (Å²) in [6, 6.07) is 12.2. The van der Waals surface area contributed by atoms with Crippen LogP contribution in [0.3, 0.4) is 0 Å². The summed E-state index contributed by atoms with van der Waals surface area (Å²) in [5.74, 6) is -1.71. The van der Waals surface area contributed by atoms with Crippen LogP contribution >= 0.6 is 27.5 Å². The van der Waals surface area contributed by atoms with E-state index in [0.29, 0.717) is 16.3 Å². The Morgan fingerprint density at radius 1 is 1.26 bits per heavy atom. The number of aryl methyl sites for hydroxylation is 1. The highest BCUT2D eigenvalue weighted by Crippen LogP contribution is 2.43. The minimum atomic E-state index is -0.960. The van der Waals surface area contributed by atoms with Crippen LogP contribution in [0.15, 0.2) is 63.7 Å². The normalized spacial score (nSPS) is 15.3. The average Bonchev–Trinajstić information content (AvgIpc) is 2.79. The van der Waals surface area contributed by atoms with E-state index in [4.69, 9.17) is 31.5 Å². The third-order valence-corrected chi connectivity index (χ3v) is 5.93. The Morgan fingerprint density at radius 2 is 2.00 bits per heavy atom. The molecule has 2 aromatic rings. The number of halogens is 2. The van der Waals surface area contributed by atoms with Crippen molar-refractivity contribution < 1.29 is 23.8 Å². The van der Waals surface area contributed by atoms with Gasteiger partial charge in [0.1, 0.15) is 23.2 Å². The molecule has 1 aliphatic rings. The summed E-state index contributed by atoms with van der Waals surface area (Å²) < 4.78 is 17.4. The van der Waals surface area contributed by atoms with Crippen molar-refractivity contribution in [2.45, 2.75) is 26.7 Å². The van der Waals surface area contributed by atoms with Crippen molar-refractivity contribution in [2.24, 2.45) is 5.73 Å². The predicted molar refractivity (Wildman–Crippen MR) is 134 cm³/mol. The molecule has 0 spiro atoms. The second-order valence-electron chi connectivity index (χ2n) is 7.59. The maximum absolute atomic E-state index is 12.8. The lowest BCUT2D eigenvalue weighted by Gasteiger charge is -2.28. The van der Waals surface area contributed by atoms with Gasteiger partial charge in [0.15, 0.2) is 6.61 Å². The molecule has 1 atom stereocenters. The van der Waals surface area contributed by atoms with Crippen molar-refractivity contribution >= 4 is 45.1 Å². The average molecular weight is 561 g/mol. The van der Waals surface area contributed by atoms with Gasteiger partial charge in [0, 0.05) is 20.7 Å². The first-order valence-corrected chi connectivity index (χ1v) is 11.8. The van der Waals surface area contributed by atoms with Gasteiger partial charge in [-0.25, -0.2) is 4.79 Å². The molecule has 0 saturated heterocycles. The summed E-state index contributed by atoms with van der Waals surface area (Å²) in [5, 5.41) is 13.0. The van der Waals surface area contributed by atoms with E-state index in [-0.39, 0.29) is 41.8 Å². The molecule has 3 rings (SSSR count). The molecular formula is C25H23BrClN3O5. The molecule has 3 N–H and O–H groups in total. The van der Waals surface area contributed by atoms with Crippen LogP contribution in [0.2, 0.25) is 5.02 Å². The number of nitrogens with zero attached hydrogens (tertiary/aromatic N) is 1. The standard InChI is InChI=1S/C25H23BrClN3O5/c1-4-33-25(32)22-14(3)35-24(29)18(11-28)23(22)17-10-16(27)6-8-20(17)34-12-21(31)30-19-7-5-15(26)9-13(19)2/h5-10,23H,4,12,29H2,1-3H3,(H,30,31). The summed E-state index contributed by atoms with van der Waals surface area (Å²) in [4.78, 5) is 25.4. The minimum absolute atomic E-state index is 0.000656. The van der Waals surface area contributed by atoms with Gasteiger partial charge in [-0.2, -0.15) is 5.26 Å². The molecule has 8 nitrogen and oxygen atoms in total. The number of nitrogens with one attached hydrogen (secondary N) is 1. The fourth-order valence-electron chi connectivity index (χ4n) is 3.64. The summed E-state index contributed by atoms with van der Waals surface area (Å²) >= 11 is 9.65. The topological polar surface area (TPSA) is 124 Å².